The lowest BCUT2D eigenvalue weighted by atomic mass is 10.1. The highest BCUT2D eigenvalue weighted by atomic mass is 16.3. The van der Waals surface area contributed by atoms with Crippen LogP contribution in [0, 0.1) is 17.2 Å². The molecule has 10 heavy (non-hydrogen) atoms. The van der Waals surface area contributed by atoms with Gasteiger partial charge in [-0.2, -0.15) is 5.26 Å². The summed E-state index contributed by atoms with van der Waals surface area (Å²) in [6.07, 6.45) is 0. The van der Waals surface area contributed by atoms with Crippen LogP contribution in [0.5, 0.6) is 0 Å². The summed E-state index contributed by atoms with van der Waals surface area (Å²) in [4.78, 5) is 0. The van der Waals surface area contributed by atoms with Crippen molar-refractivity contribution in [3.63, 3.8) is 0 Å². The fourth-order valence-corrected chi connectivity index (χ4v) is 0.581. The van der Waals surface area contributed by atoms with Gasteiger partial charge in [-0.05, 0) is 13.8 Å². The third-order valence-corrected chi connectivity index (χ3v) is 1.53. The molecule has 0 aromatic rings. The lowest BCUT2D eigenvalue weighted by Crippen LogP contribution is -2.33. The molecular formula is C7H14N2O. The Balaban J connectivity index is 3.43. The Kier molecular flexibility index (Phi) is 4.91. The summed E-state index contributed by atoms with van der Waals surface area (Å²) in [5, 5.41) is 19.9. The van der Waals surface area contributed by atoms with Crippen molar-refractivity contribution in [3.05, 3.63) is 0 Å². The number of aliphatic hydroxyl groups is 1. The average Bonchev–Trinajstić information content (AvgIpc) is 1.98. The fraction of sp³-hybridized carbons (Fsp3) is 0.857. The van der Waals surface area contributed by atoms with Crippen LogP contribution in [-0.2, 0) is 0 Å². The van der Waals surface area contributed by atoms with Crippen LogP contribution in [0.15, 0.2) is 0 Å². The Hall–Kier alpha value is -0.590. The third-order valence-electron chi connectivity index (χ3n) is 1.53. The van der Waals surface area contributed by atoms with Gasteiger partial charge in [-0.15, -0.1) is 0 Å². The molecule has 2 N–H and O–H groups in total. The maximum Gasteiger partial charge on any atom is 0.0669 e. The molecule has 0 amide bonds. The normalized spacial score (nSPS) is 15.8. The Morgan fingerprint density at radius 2 is 2.20 bits per heavy atom. The molecule has 0 fully saturated rings. The first-order valence-electron chi connectivity index (χ1n) is 3.46. The van der Waals surface area contributed by atoms with Crippen LogP contribution in [0.25, 0.3) is 0 Å². The minimum Gasteiger partial charge on any atom is -0.395 e. The quantitative estimate of drug-likeness (QED) is 0.586. The van der Waals surface area contributed by atoms with Gasteiger partial charge in [0.15, 0.2) is 0 Å². The zero-order chi connectivity index (χ0) is 7.98. The standard InChI is InChI=1S/C7H14N2O/c1-6(5-8)7(2)9-3-4-10/h6-7,9-10H,3-4H2,1-2H3. The molecule has 0 heterocycles. The van der Waals surface area contributed by atoms with E-state index in [1.54, 1.807) is 0 Å². The van der Waals surface area contributed by atoms with Crippen molar-refractivity contribution in [1.82, 2.24) is 5.32 Å². The van der Waals surface area contributed by atoms with Crippen LogP contribution in [0.4, 0.5) is 0 Å². The van der Waals surface area contributed by atoms with E-state index < -0.39 is 0 Å². The van der Waals surface area contributed by atoms with Gasteiger partial charge in [0.1, 0.15) is 0 Å². The number of nitrogens with zero attached hydrogens (tertiary/aromatic N) is 1. The van der Waals surface area contributed by atoms with Crippen LogP contribution in [0.1, 0.15) is 13.8 Å². The van der Waals surface area contributed by atoms with Gasteiger partial charge in [0, 0.05) is 12.6 Å². The van der Waals surface area contributed by atoms with Crippen LogP contribution in [0.2, 0.25) is 0 Å². The molecule has 3 heteroatoms. The van der Waals surface area contributed by atoms with Gasteiger partial charge in [0.2, 0.25) is 0 Å². The van der Waals surface area contributed by atoms with Gasteiger partial charge in [-0.25, -0.2) is 0 Å². The maximum absolute atomic E-state index is 8.45. The van der Waals surface area contributed by atoms with E-state index in [9.17, 15) is 0 Å². The number of hydrogen-bond acceptors (Lipinski definition) is 3. The molecule has 0 saturated carbocycles. The Morgan fingerprint density at radius 1 is 1.60 bits per heavy atom. The SMILES string of the molecule is CC(C#N)C(C)NCCO. The number of rotatable bonds is 4. The molecule has 0 spiro atoms. The van der Waals surface area contributed by atoms with E-state index in [0.717, 1.165) is 0 Å². The summed E-state index contributed by atoms with van der Waals surface area (Å²) in [5.41, 5.74) is 0. The van der Waals surface area contributed by atoms with Crippen LogP contribution in [-0.4, -0.2) is 24.3 Å². The van der Waals surface area contributed by atoms with E-state index in [-0.39, 0.29) is 18.6 Å². The summed E-state index contributed by atoms with van der Waals surface area (Å²) < 4.78 is 0. The minimum atomic E-state index is 0.00606. The molecule has 0 radical (unpaired) electrons. The molecule has 0 aliphatic heterocycles. The Morgan fingerprint density at radius 3 is 2.60 bits per heavy atom. The summed E-state index contributed by atoms with van der Waals surface area (Å²) in [7, 11) is 0. The van der Waals surface area contributed by atoms with Crippen molar-refractivity contribution in [2.24, 2.45) is 5.92 Å². The molecule has 0 aliphatic carbocycles. The molecule has 0 aromatic heterocycles. The predicted molar refractivity (Wildman–Crippen MR) is 39.3 cm³/mol. The highest BCUT2D eigenvalue weighted by molar-refractivity contribution is 4.86. The lowest BCUT2D eigenvalue weighted by molar-refractivity contribution is 0.281. The smallest absolute Gasteiger partial charge is 0.0669 e. The molecule has 2 atom stereocenters. The summed E-state index contributed by atoms with van der Waals surface area (Å²) in [6.45, 7) is 4.48. The largest absolute Gasteiger partial charge is 0.395 e. The summed E-state index contributed by atoms with van der Waals surface area (Å²) in [6, 6.07) is 2.29. The first kappa shape index (κ1) is 9.41. The van der Waals surface area contributed by atoms with Crippen LogP contribution >= 0.6 is 0 Å². The van der Waals surface area contributed by atoms with Crippen LogP contribution in [0.3, 0.4) is 0 Å². The molecule has 0 aliphatic rings. The predicted octanol–water partition coefficient (Wildman–Crippen LogP) is 0.116. The summed E-state index contributed by atoms with van der Waals surface area (Å²) in [5.74, 6) is 0.00606. The zero-order valence-electron chi connectivity index (χ0n) is 6.46. The molecule has 3 nitrogen and oxygen atoms in total. The van der Waals surface area contributed by atoms with Gasteiger partial charge < -0.3 is 10.4 Å². The van der Waals surface area contributed by atoms with E-state index in [4.69, 9.17) is 10.4 Å². The Bertz CT molecular complexity index is 119. The van der Waals surface area contributed by atoms with E-state index >= 15 is 0 Å². The van der Waals surface area contributed by atoms with Crippen molar-refractivity contribution in [1.29, 1.82) is 5.26 Å². The van der Waals surface area contributed by atoms with Crippen molar-refractivity contribution in [2.45, 2.75) is 19.9 Å². The molecular weight excluding hydrogens is 128 g/mol. The molecule has 0 bridgehead atoms. The van der Waals surface area contributed by atoms with Gasteiger partial charge >= 0.3 is 0 Å². The fourth-order valence-electron chi connectivity index (χ4n) is 0.581. The van der Waals surface area contributed by atoms with Crippen molar-refractivity contribution >= 4 is 0 Å². The van der Waals surface area contributed by atoms with Gasteiger partial charge in [0.25, 0.3) is 0 Å². The van der Waals surface area contributed by atoms with E-state index in [1.807, 2.05) is 13.8 Å². The molecule has 58 valence electrons. The number of nitrogens with one attached hydrogen (secondary N) is 1. The monoisotopic (exact) mass is 142 g/mol. The maximum atomic E-state index is 8.45. The van der Waals surface area contributed by atoms with Gasteiger partial charge in [0.05, 0.1) is 18.6 Å². The number of nitriles is 1. The first-order valence-corrected chi connectivity index (χ1v) is 3.46. The Labute approximate surface area is 61.7 Å². The topological polar surface area (TPSA) is 56.0 Å². The van der Waals surface area contributed by atoms with Crippen molar-refractivity contribution in [3.8, 4) is 6.07 Å². The second kappa shape index (κ2) is 5.21. The summed E-state index contributed by atoms with van der Waals surface area (Å²) >= 11 is 0. The van der Waals surface area contributed by atoms with Gasteiger partial charge in [-0.3, -0.25) is 0 Å². The lowest BCUT2D eigenvalue weighted by Gasteiger charge is -2.13. The third kappa shape index (κ3) is 3.44. The highest BCUT2D eigenvalue weighted by Gasteiger charge is 2.08. The minimum absolute atomic E-state index is 0.00606. The van der Waals surface area contributed by atoms with Crippen molar-refractivity contribution < 1.29 is 5.11 Å². The van der Waals surface area contributed by atoms with Gasteiger partial charge in [-0.1, -0.05) is 0 Å². The van der Waals surface area contributed by atoms with E-state index in [1.165, 1.54) is 0 Å². The van der Waals surface area contributed by atoms with E-state index in [2.05, 4.69) is 11.4 Å². The number of aliphatic hydroxyl groups excluding tert-OH is 1. The molecule has 0 rings (SSSR count). The average molecular weight is 142 g/mol. The zero-order valence-corrected chi connectivity index (χ0v) is 6.46. The highest BCUT2D eigenvalue weighted by Crippen LogP contribution is 1.98. The first-order chi connectivity index (χ1) is 4.72. The molecule has 0 aromatic carbocycles. The second-order valence-electron chi connectivity index (χ2n) is 2.38. The van der Waals surface area contributed by atoms with Crippen LogP contribution < -0.4 is 5.32 Å². The molecule has 0 saturated heterocycles. The van der Waals surface area contributed by atoms with Crippen molar-refractivity contribution in [2.75, 3.05) is 13.2 Å². The number of hydrogen-bond donors (Lipinski definition) is 2. The van der Waals surface area contributed by atoms with E-state index in [0.29, 0.717) is 6.54 Å². The molecule has 2 unspecified atom stereocenters. The second-order valence-corrected chi connectivity index (χ2v) is 2.38.